The molecule has 3 aromatic rings. The zero-order valence-corrected chi connectivity index (χ0v) is 12.9. The number of nitrogens with zero attached hydrogens (tertiary/aromatic N) is 2. The van der Waals surface area contributed by atoms with Crippen molar-refractivity contribution in [2.24, 2.45) is 4.99 Å². The Morgan fingerprint density at radius 1 is 1.00 bits per heavy atom. The summed E-state index contributed by atoms with van der Waals surface area (Å²) in [6, 6.07) is 19.3. The van der Waals surface area contributed by atoms with Crippen LogP contribution in [0.5, 0.6) is 5.75 Å². The summed E-state index contributed by atoms with van der Waals surface area (Å²) in [5.41, 5.74) is 2.92. The normalized spacial score (nSPS) is 11.0. The lowest BCUT2D eigenvalue weighted by Crippen LogP contribution is -1.97. The van der Waals surface area contributed by atoms with E-state index < -0.39 is 0 Å². The third-order valence-electron chi connectivity index (χ3n) is 3.30. The Labute approximate surface area is 134 Å². The molecule has 0 aliphatic carbocycles. The Morgan fingerprint density at radius 2 is 1.73 bits per heavy atom. The van der Waals surface area contributed by atoms with Gasteiger partial charge in [-0.25, -0.2) is 0 Å². The lowest BCUT2D eigenvalue weighted by atomic mass is 10.3. The SMILES string of the molecule is COc1ccc(N=Cc2cccn2-c2ccc(Cl)cc2)cc1. The van der Waals surface area contributed by atoms with E-state index in [1.807, 2.05) is 73.1 Å². The van der Waals surface area contributed by atoms with Gasteiger partial charge in [-0.05, 0) is 60.7 Å². The molecule has 0 saturated heterocycles. The highest BCUT2D eigenvalue weighted by atomic mass is 35.5. The van der Waals surface area contributed by atoms with Crippen molar-refractivity contribution >= 4 is 23.5 Å². The summed E-state index contributed by atoms with van der Waals surface area (Å²) in [5, 5.41) is 0.726. The van der Waals surface area contributed by atoms with Crippen molar-refractivity contribution in [3.63, 3.8) is 0 Å². The van der Waals surface area contributed by atoms with E-state index in [2.05, 4.69) is 9.56 Å². The minimum Gasteiger partial charge on any atom is -0.497 e. The zero-order chi connectivity index (χ0) is 15.4. The number of hydrogen-bond donors (Lipinski definition) is 0. The van der Waals surface area contributed by atoms with Gasteiger partial charge in [0, 0.05) is 16.9 Å². The van der Waals surface area contributed by atoms with Crippen LogP contribution in [-0.2, 0) is 0 Å². The van der Waals surface area contributed by atoms with Gasteiger partial charge in [-0.3, -0.25) is 4.99 Å². The lowest BCUT2D eigenvalue weighted by molar-refractivity contribution is 0.415. The van der Waals surface area contributed by atoms with Gasteiger partial charge in [0.15, 0.2) is 0 Å². The Bertz CT molecular complexity index is 774. The second kappa shape index (κ2) is 6.50. The molecule has 22 heavy (non-hydrogen) atoms. The Balaban J connectivity index is 1.85. The van der Waals surface area contributed by atoms with Crippen LogP contribution in [0.25, 0.3) is 5.69 Å². The molecular weight excluding hydrogens is 296 g/mol. The molecule has 0 N–H and O–H groups in total. The molecule has 3 rings (SSSR count). The largest absolute Gasteiger partial charge is 0.497 e. The third kappa shape index (κ3) is 3.21. The average Bonchev–Trinajstić information content (AvgIpc) is 3.02. The van der Waals surface area contributed by atoms with Gasteiger partial charge in [0.25, 0.3) is 0 Å². The second-order valence-corrected chi connectivity index (χ2v) is 5.17. The van der Waals surface area contributed by atoms with E-state index in [0.717, 1.165) is 27.8 Å². The van der Waals surface area contributed by atoms with Gasteiger partial charge in [0.1, 0.15) is 5.75 Å². The van der Waals surface area contributed by atoms with Gasteiger partial charge in [-0.15, -0.1) is 0 Å². The van der Waals surface area contributed by atoms with E-state index >= 15 is 0 Å². The summed E-state index contributed by atoms with van der Waals surface area (Å²) < 4.78 is 7.20. The molecule has 0 bridgehead atoms. The molecule has 110 valence electrons. The highest BCUT2D eigenvalue weighted by Gasteiger charge is 2.01. The first kappa shape index (κ1) is 14.4. The molecule has 3 nitrogen and oxygen atoms in total. The Hall–Kier alpha value is -2.52. The number of benzene rings is 2. The van der Waals surface area contributed by atoms with Crippen LogP contribution in [0.4, 0.5) is 5.69 Å². The van der Waals surface area contributed by atoms with Gasteiger partial charge in [0.2, 0.25) is 0 Å². The standard InChI is InChI=1S/C18H15ClN2O/c1-22-18-10-6-15(7-11-18)20-13-17-3-2-12-21(17)16-8-4-14(19)5-9-16/h2-13H,1H3. The van der Waals surface area contributed by atoms with Crippen molar-refractivity contribution in [2.45, 2.75) is 0 Å². The van der Waals surface area contributed by atoms with Crippen LogP contribution >= 0.6 is 11.6 Å². The Morgan fingerprint density at radius 3 is 2.41 bits per heavy atom. The maximum absolute atomic E-state index is 5.93. The van der Waals surface area contributed by atoms with Crippen LogP contribution in [0.1, 0.15) is 5.69 Å². The number of rotatable bonds is 4. The van der Waals surface area contributed by atoms with Crippen molar-refractivity contribution in [3.8, 4) is 11.4 Å². The van der Waals surface area contributed by atoms with Crippen LogP contribution in [0.3, 0.4) is 0 Å². The van der Waals surface area contributed by atoms with E-state index in [0.29, 0.717) is 0 Å². The fourth-order valence-electron chi connectivity index (χ4n) is 2.15. The van der Waals surface area contributed by atoms with E-state index in [9.17, 15) is 0 Å². The first-order valence-electron chi connectivity index (χ1n) is 6.88. The molecule has 0 aliphatic heterocycles. The number of aliphatic imine (C=N–C) groups is 1. The first-order chi connectivity index (χ1) is 10.8. The minimum absolute atomic E-state index is 0.726. The molecule has 0 fully saturated rings. The summed E-state index contributed by atoms with van der Waals surface area (Å²) in [7, 11) is 1.65. The summed E-state index contributed by atoms with van der Waals surface area (Å²) in [6.07, 6.45) is 3.84. The average molecular weight is 311 g/mol. The first-order valence-corrected chi connectivity index (χ1v) is 7.25. The topological polar surface area (TPSA) is 26.5 Å². The molecule has 0 radical (unpaired) electrons. The van der Waals surface area contributed by atoms with Gasteiger partial charge < -0.3 is 9.30 Å². The smallest absolute Gasteiger partial charge is 0.119 e. The molecule has 4 heteroatoms. The molecular formula is C18H15ClN2O. The molecule has 0 spiro atoms. The van der Waals surface area contributed by atoms with Crippen LogP contribution in [0, 0.1) is 0 Å². The molecule has 0 amide bonds. The number of ether oxygens (including phenoxy) is 1. The van der Waals surface area contributed by atoms with Gasteiger partial charge in [-0.1, -0.05) is 11.6 Å². The predicted molar refractivity (Wildman–Crippen MR) is 91.0 cm³/mol. The Kier molecular flexibility index (Phi) is 4.26. The van der Waals surface area contributed by atoms with E-state index in [4.69, 9.17) is 16.3 Å². The van der Waals surface area contributed by atoms with Gasteiger partial charge in [0.05, 0.1) is 24.7 Å². The van der Waals surface area contributed by atoms with Crippen LogP contribution < -0.4 is 4.74 Å². The van der Waals surface area contributed by atoms with Crippen LogP contribution in [0.2, 0.25) is 5.02 Å². The van der Waals surface area contributed by atoms with Crippen molar-refractivity contribution in [1.29, 1.82) is 0 Å². The number of aromatic nitrogens is 1. The molecule has 1 heterocycles. The monoisotopic (exact) mass is 310 g/mol. The maximum atomic E-state index is 5.93. The van der Waals surface area contributed by atoms with E-state index in [1.165, 1.54) is 0 Å². The molecule has 0 unspecified atom stereocenters. The van der Waals surface area contributed by atoms with E-state index in [1.54, 1.807) is 7.11 Å². The molecule has 0 saturated carbocycles. The van der Waals surface area contributed by atoms with Crippen LogP contribution in [0.15, 0.2) is 71.9 Å². The summed E-state index contributed by atoms with van der Waals surface area (Å²) in [5.74, 6) is 0.823. The van der Waals surface area contributed by atoms with Crippen molar-refractivity contribution < 1.29 is 4.74 Å². The zero-order valence-electron chi connectivity index (χ0n) is 12.1. The predicted octanol–water partition coefficient (Wildman–Crippen LogP) is 4.89. The second-order valence-electron chi connectivity index (χ2n) is 4.74. The van der Waals surface area contributed by atoms with Gasteiger partial charge >= 0.3 is 0 Å². The number of hydrogen-bond acceptors (Lipinski definition) is 2. The fourth-order valence-corrected chi connectivity index (χ4v) is 2.27. The summed E-state index contributed by atoms with van der Waals surface area (Å²) >= 11 is 5.93. The highest BCUT2D eigenvalue weighted by Crippen LogP contribution is 2.19. The van der Waals surface area contributed by atoms with Crippen molar-refractivity contribution in [1.82, 2.24) is 4.57 Å². The van der Waals surface area contributed by atoms with E-state index in [-0.39, 0.29) is 0 Å². The van der Waals surface area contributed by atoms with Gasteiger partial charge in [-0.2, -0.15) is 0 Å². The fraction of sp³-hybridized carbons (Fsp3) is 0.0556. The summed E-state index contributed by atoms with van der Waals surface area (Å²) in [6.45, 7) is 0. The lowest BCUT2D eigenvalue weighted by Gasteiger charge is -2.06. The van der Waals surface area contributed by atoms with Crippen molar-refractivity contribution in [2.75, 3.05) is 7.11 Å². The highest BCUT2D eigenvalue weighted by molar-refractivity contribution is 6.30. The summed E-state index contributed by atoms with van der Waals surface area (Å²) in [4.78, 5) is 4.50. The minimum atomic E-state index is 0.726. The molecule has 0 aliphatic rings. The molecule has 0 atom stereocenters. The number of methoxy groups -OCH3 is 1. The molecule has 1 aromatic heterocycles. The number of halogens is 1. The molecule has 2 aromatic carbocycles. The maximum Gasteiger partial charge on any atom is 0.119 e. The van der Waals surface area contributed by atoms with Crippen LogP contribution in [-0.4, -0.2) is 17.9 Å². The quantitative estimate of drug-likeness (QED) is 0.630. The van der Waals surface area contributed by atoms with Crippen molar-refractivity contribution in [3.05, 3.63) is 77.6 Å². The third-order valence-corrected chi connectivity index (χ3v) is 3.56.